The van der Waals surface area contributed by atoms with E-state index in [9.17, 15) is 4.79 Å². The predicted molar refractivity (Wildman–Crippen MR) is 74.5 cm³/mol. The minimum atomic E-state index is -1.06. The van der Waals surface area contributed by atoms with E-state index in [1.165, 1.54) is 22.0 Å². The van der Waals surface area contributed by atoms with Crippen LogP contribution in [0.25, 0.3) is 0 Å². The molecule has 1 heterocycles. The van der Waals surface area contributed by atoms with E-state index < -0.39 is 5.97 Å². The SMILES string of the molecule is CCc1ccc(CNCCn2cc(C(=O)O)nn2)cc1. The van der Waals surface area contributed by atoms with E-state index in [-0.39, 0.29) is 5.69 Å². The van der Waals surface area contributed by atoms with E-state index in [1.54, 1.807) is 0 Å². The standard InChI is InChI=1S/C14H18N4O2/c1-2-11-3-5-12(6-4-11)9-15-7-8-18-10-13(14(19)20)16-17-18/h3-6,10,15H,2,7-9H2,1H3,(H,19,20). The van der Waals surface area contributed by atoms with Crippen LogP contribution < -0.4 is 5.32 Å². The molecule has 1 aromatic carbocycles. The number of aryl methyl sites for hydroxylation is 1. The van der Waals surface area contributed by atoms with Crippen LogP contribution in [-0.2, 0) is 19.5 Å². The zero-order valence-corrected chi connectivity index (χ0v) is 11.4. The summed E-state index contributed by atoms with van der Waals surface area (Å²) < 4.78 is 1.52. The minimum Gasteiger partial charge on any atom is -0.476 e. The Kier molecular flexibility index (Phi) is 4.84. The highest BCUT2D eigenvalue weighted by Crippen LogP contribution is 2.04. The molecule has 0 fully saturated rings. The third-order valence-electron chi connectivity index (χ3n) is 3.04. The van der Waals surface area contributed by atoms with Gasteiger partial charge in [0.1, 0.15) is 0 Å². The molecule has 0 aliphatic rings. The molecule has 2 N–H and O–H groups in total. The summed E-state index contributed by atoms with van der Waals surface area (Å²) in [6, 6.07) is 8.49. The first-order chi connectivity index (χ1) is 9.69. The Bertz CT molecular complexity index is 563. The van der Waals surface area contributed by atoms with Crippen molar-refractivity contribution in [1.29, 1.82) is 0 Å². The maximum Gasteiger partial charge on any atom is 0.358 e. The molecule has 0 unspecified atom stereocenters. The number of hydrogen-bond donors (Lipinski definition) is 2. The molecule has 0 bridgehead atoms. The lowest BCUT2D eigenvalue weighted by Gasteiger charge is -2.05. The third-order valence-corrected chi connectivity index (χ3v) is 3.04. The summed E-state index contributed by atoms with van der Waals surface area (Å²) in [6.45, 7) is 4.21. The van der Waals surface area contributed by atoms with E-state index in [1.807, 2.05) is 0 Å². The van der Waals surface area contributed by atoms with Gasteiger partial charge in [-0.25, -0.2) is 4.79 Å². The van der Waals surface area contributed by atoms with Gasteiger partial charge in [-0.05, 0) is 17.5 Å². The summed E-state index contributed by atoms with van der Waals surface area (Å²) in [5, 5.41) is 19.3. The second-order valence-corrected chi connectivity index (χ2v) is 4.52. The maximum atomic E-state index is 10.7. The van der Waals surface area contributed by atoms with E-state index in [4.69, 9.17) is 5.11 Å². The lowest BCUT2D eigenvalue weighted by molar-refractivity contribution is 0.0690. The van der Waals surface area contributed by atoms with Crippen molar-refractivity contribution in [1.82, 2.24) is 20.3 Å². The fourth-order valence-electron chi connectivity index (χ4n) is 1.82. The van der Waals surface area contributed by atoms with Crippen molar-refractivity contribution in [2.75, 3.05) is 6.54 Å². The average molecular weight is 274 g/mol. The van der Waals surface area contributed by atoms with Gasteiger partial charge in [0, 0.05) is 13.1 Å². The second-order valence-electron chi connectivity index (χ2n) is 4.52. The summed E-state index contributed by atoms with van der Waals surface area (Å²) in [7, 11) is 0. The highest BCUT2D eigenvalue weighted by molar-refractivity contribution is 5.84. The maximum absolute atomic E-state index is 10.7. The molecule has 0 saturated carbocycles. The second kappa shape index (κ2) is 6.81. The molecule has 1 aromatic heterocycles. The molecule has 106 valence electrons. The van der Waals surface area contributed by atoms with Gasteiger partial charge in [0.15, 0.2) is 5.69 Å². The van der Waals surface area contributed by atoms with Crippen molar-refractivity contribution in [3.05, 3.63) is 47.3 Å². The normalized spacial score (nSPS) is 10.7. The molecule has 0 spiro atoms. The van der Waals surface area contributed by atoms with Gasteiger partial charge in [-0.15, -0.1) is 5.10 Å². The Balaban J connectivity index is 1.73. The van der Waals surface area contributed by atoms with E-state index in [0.717, 1.165) is 13.0 Å². The third kappa shape index (κ3) is 3.89. The molecule has 6 heteroatoms. The van der Waals surface area contributed by atoms with Crippen LogP contribution in [0.2, 0.25) is 0 Å². The lowest BCUT2D eigenvalue weighted by Crippen LogP contribution is -2.19. The molecule has 0 radical (unpaired) electrons. The molecule has 2 aromatic rings. The number of aromatic carboxylic acids is 1. The average Bonchev–Trinajstić information content (AvgIpc) is 2.93. The summed E-state index contributed by atoms with van der Waals surface area (Å²) in [6.07, 6.45) is 2.48. The number of carboxylic acid groups (broad SMARTS) is 1. The fraction of sp³-hybridized carbons (Fsp3) is 0.357. The van der Waals surface area contributed by atoms with Crippen LogP contribution in [0.3, 0.4) is 0 Å². The number of nitrogens with one attached hydrogen (secondary N) is 1. The highest BCUT2D eigenvalue weighted by atomic mass is 16.4. The molecular formula is C14H18N4O2. The first kappa shape index (κ1) is 14.2. The lowest BCUT2D eigenvalue weighted by atomic mass is 10.1. The van der Waals surface area contributed by atoms with Gasteiger partial charge in [0.25, 0.3) is 0 Å². The van der Waals surface area contributed by atoms with Crippen LogP contribution in [0.5, 0.6) is 0 Å². The predicted octanol–water partition coefficient (Wildman–Crippen LogP) is 1.33. The number of carboxylic acids is 1. The van der Waals surface area contributed by atoms with Crippen molar-refractivity contribution in [3.8, 4) is 0 Å². The zero-order chi connectivity index (χ0) is 14.4. The molecule has 0 saturated heterocycles. The first-order valence-corrected chi connectivity index (χ1v) is 6.61. The van der Waals surface area contributed by atoms with Gasteiger partial charge in [-0.1, -0.05) is 36.4 Å². The Morgan fingerprint density at radius 1 is 1.30 bits per heavy atom. The quantitative estimate of drug-likeness (QED) is 0.744. The molecule has 0 aliphatic carbocycles. The number of hydrogen-bond acceptors (Lipinski definition) is 4. The van der Waals surface area contributed by atoms with Crippen LogP contribution in [0.4, 0.5) is 0 Å². The Labute approximate surface area is 117 Å². The topological polar surface area (TPSA) is 80.0 Å². The Morgan fingerprint density at radius 2 is 2.00 bits per heavy atom. The van der Waals surface area contributed by atoms with Gasteiger partial charge in [-0.3, -0.25) is 4.68 Å². The number of rotatable bonds is 7. The van der Waals surface area contributed by atoms with E-state index in [0.29, 0.717) is 13.1 Å². The number of carbonyl (C=O) groups is 1. The summed E-state index contributed by atoms with van der Waals surface area (Å²) in [5.41, 5.74) is 2.53. The summed E-state index contributed by atoms with van der Waals surface area (Å²) in [4.78, 5) is 10.7. The van der Waals surface area contributed by atoms with Crippen molar-refractivity contribution < 1.29 is 9.90 Å². The zero-order valence-electron chi connectivity index (χ0n) is 11.4. The van der Waals surface area contributed by atoms with Crippen LogP contribution in [0.15, 0.2) is 30.5 Å². The summed E-state index contributed by atoms with van der Waals surface area (Å²) in [5.74, 6) is -1.06. The van der Waals surface area contributed by atoms with Gasteiger partial charge < -0.3 is 10.4 Å². The Morgan fingerprint density at radius 3 is 2.60 bits per heavy atom. The van der Waals surface area contributed by atoms with Crippen LogP contribution in [-0.4, -0.2) is 32.6 Å². The van der Waals surface area contributed by atoms with Crippen LogP contribution in [0, 0.1) is 0 Å². The summed E-state index contributed by atoms with van der Waals surface area (Å²) >= 11 is 0. The van der Waals surface area contributed by atoms with Crippen molar-refractivity contribution in [2.45, 2.75) is 26.4 Å². The van der Waals surface area contributed by atoms with Crippen molar-refractivity contribution in [3.63, 3.8) is 0 Å². The number of aromatic nitrogens is 3. The molecular weight excluding hydrogens is 256 g/mol. The fourth-order valence-corrected chi connectivity index (χ4v) is 1.82. The van der Waals surface area contributed by atoms with E-state index >= 15 is 0 Å². The van der Waals surface area contributed by atoms with Gasteiger partial charge >= 0.3 is 5.97 Å². The van der Waals surface area contributed by atoms with E-state index in [2.05, 4.69) is 46.8 Å². The largest absolute Gasteiger partial charge is 0.476 e. The smallest absolute Gasteiger partial charge is 0.358 e. The first-order valence-electron chi connectivity index (χ1n) is 6.61. The highest BCUT2D eigenvalue weighted by Gasteiger charge is 2.07. The van der Waals surface area contributed by atoms with Gasteiger partial charge in [0.2, 0.25) is 0 Å². The minimum absolute atomic E-state index is 0.0276. The monoisotopic (exact) mass is 274 g/mol. The van der Waals surface area contributed by atoms with Crippen LogP contribution in [0.1, 0.15) is 28.5 Å². The van der Waals surface area contributed by atoms with Crippen molar-refractivity contribution >= 4 is 5.97 Å². The molecule has 6 nitrogen and oxygen atoms in total. The van der Waals surface area contributed by atoms with Crippen molar-refractivity contribution in [2.24, 2.45) is 0 Å². The molecule has 0 aliphatic heterocycles. The Hall–Kier alpha value is -2.21. The number of nitrogens with zero attached hydrogens (tertiary/aromatic N) is 3. The molecule has 0 atom stereocenters. The number of benzene rings is 1. The van der Waals surface area contributed by atoms with Crippen LogP contribution >= 0.6 is 0 Å². The molecule has 2 rings (SSSR count). The van der Waals surface area contributed by atoms with Gasteiger partial charge in [-0.2, -0.15) is 0 Å². The molecule has 20 heavy (non-hydrogen) atoms. The molecule has 0 amide bonds. The van der Waals surface area contributed by atoms with Gasteiger partial charge in [0.05, 0.1) is 12.7 Å².